The van der Waals surface area contributed by atoms with Crippen LogP contribution in [0.25, 0.3) is 10.9 Å². The molecule has 0 spiro atoms. The zero-order chi connectivity index (χ0) is 14.7. The highest BCUT2D eigenvalue weighted by Gasteiger charge is 2.15. The number of pyridine rings is 1. The normalized spacial score (nSPS) is 10.5. The summed E-state index contributed by atoms with van der Waals surface area (Å²) in [6.07, 6.45) is 1.63. The Kier molecular flexibility index (Phi) is 3.51. The standard InChI is InChI=1S/C17H13NO3/c19-17(20)14-9-8-13-7-4-10-18-15(13)16(14)21-11-12-5-2-1-3-6-12/h1-10H,11H2,(H,19,20). The van der Waals surface area contributed by atoms with Crippen LogP contribution in [-0.2, 0) is 6.61 Å². The van der Waals surface area contributed by atoms with Gasteiger partial charge in [0.05, 0.1) is 0 Å². The van der Waals surface area contributed by atoms with E-state index in [1.54, 1.807) is 18.3 Å². The van der Waals surface area contributed by atoms with E-state index >= 15 is 0 Å². The average Bonchev–Trinajstić information content (AvgIpc) is 2.53. The number of aromatic nitrogens is 1. The fraction of sp³-hybridized carbons (Fsp3) is 0.0588. The van der Waals surface area contributed by atoms with Crippen LogP contribution in [0, 0.1) is 0 Å². The predicted molar refractivity (Wildman–Crippen MR) is 79.5 cm³/mol. The molecular formula is C17H13NO3. The molecule has 0 saturated heterocycles. The lowest BCUT2D eigenvalue weighted by Crippen LogP contribution is -2.04. The molecule has 3 aromatic rings. The lowest BCUT2D eigenvalue weighted by atomic mass is 10.1. The number of carboxylic acid groups (broad SMARTS) is 1. The van der Waals surface area contributed by atoms with E-state index in [1.165, 1.54) is 0 Å². The monoisotopic (exact) mass is 279 g/mol. The lowest BCUT2D eigenvalue weighted by molar-refractivity contribution is 0.0692. The molecule has 0 amide bonds. The van der Waals surface area contributed by atoms with Crippen LogP contribution in [0.15, 0.2) is 60.8 Å². The third kappa shape index (κ3) is 2.69. The summed E-state index contributed by atoms with van der Waals surface area (Å²) in [5, 5.41) is 10.2. The van der Waals surface area contributed by atoms with Gasteiger partial charge >= 0.3 is 5.97 Å². The maximum absolute atomic E-state index is 11.4. The summed E-state index contributed by atoms with van der Waals surface area (Å²) in [5.74, 6) is -0.713. The van der Waals surface area contributed by atoms with Crippen molar-refractivity contribution in [1.29, 1.82) is 0 Å². The number of rotatable bonds is 4. The molecule has 3 rings (SSSR count). The van der Waals surface area contributed by atoms with Crippen molar-refractivity contribution in [2.24, 2.45) is 0 Å². The van der Waals surface area contributed by atoms with Gasteiger partial charge in [0.1, 0.15) is 17.7 Å². The summed E-state index contributed by atoms with van der Waals surface area (Å²) in [4.78, 5) is 15.6. The molecule has 0 saturated carbocycles. The van der Waals surface area contributed by atoms with Gasteiger partial charge in [-0.15, -0.1) is 0 Å². The highest BCUT2D eigenvalue weighted by Crippen LogP contribution is 2.29. The highest BCUT2D eigenvalue weighted by atomic mass is 16.5. The van der Waals surface area contributed by atoms with Crippen molar-refractivity contribution >= 4 is 16.9 Å². The van der Waals surface area contributed by atoms with Crippen molar-refractivity contribution in [3.8, 4) is 5.75 Å². The van der Waals surface area contributed by atoms with Gasteiger partial charge in [0, 0.05) is 11.6 Å². The van der Waals surface area contributed by atoms with Crippen LogP contribution >= 0.6 is 0 Å². The van der Waals surface area contributed by atoms with Gasteiger partial charge < -0.3 is 9.84 Å². The SMILES string of the molecule is O=C(O)c1ccc2cccnc2c1OCc1ccccc1. The van der Waals surface area contributed by atoms with Crippen LogP contribution < -0.4 is 4.74 Å². The Bertz CT molecular complexity index is 784. The molecule has 0 aliphatic heterocycles. The van der Waals surface area contributed by atoms with Crippen LogP contribution in [0.5, 0.6) is 5.75 Å². The number of aromatic carboxylic acids is 1. The number of fused-ring (bicyclic) bond motifs is 1. The Morgan fingerprint density at radius 2 is 1.86 bits per heavy atom. The van der Waals surface area contributed by atoms with Gasteiger partial charge in [-0.2, -0.15) is 0 Å². The first kappa shape index (κ1) is 13.1. The Morgan fingerprint density at radius 3 is 2.62 bits per heavy atom. The molecule has 0 aliphatic rings. The first-order chi connectivity index (χ1) is 10.3. The Hall–Kier alpha value is -2.88. The van der Waals surface area contributed by atoms with E-state index in [0.29, 0.717) is 17.9 Å². The number of carboxylic acids is 1. The zero-order valence-corrected chi connectivity index (χ0v) is 11.2. The summed E-state index contributed by atoms with van der Waals surface area (Å²) in [5.41, 5.74) is 1.66. The molecule has 21 heavy (non-hydrogen) atoms. The minimum absolute atomic E-state index is 0.122. The van der Waals surface area contributed by atoms with Gasteiger partial charge in [0.15, 0.2) is 5.75 Å². The molecule has 2 aromatic carbocycles. The summed E-state index contributed by atoms with van der Waals surface area (Å²) >= 11 is 0. The van der Waals surface area contributed by atoms with E-state index in [-0.39, 0.29) is 5.56 Å². The maximum atomic E-state index is 11.4. The number of hydrogen-bond donors (Lipinski definition) is 1. The largest absolute Gasteiger partial charge is 0.486 e. The number of benzene rings is 2. The van der Waals surface area contributed by atoms with Crippen LogP contribution in [0.3, 0.4) is 0 Å². The first-order valence-electron chi connectivity index (χ1n) is 6.53. The summed E-state index contributed by atoms with van der Waals surface area (Å²) < 4.78 is 5.75. The summed E-state index contributed by atoms with van der Waals surface area (Å²) in [6, 6.07) is 16.6. The molecule has 104 valence electrons. The molecule has 1 aromatic heterocycles. The van der Waals surface area contributed by atoms with Crippen LogP contribution in [0.2, 0.25) is 0 Å². The topological polar surface area (TPSA) is 59.4 Å². The fourth-order valence-corrected chi connectivity index (χ4v) is 2.16. The van der Waals surface area contributed by atoms with Crippen LogP contribution in [-0.4, -0.2) is 16.1 Å². The average molecular weight is 279 g/mol. The second kappa shape index (κ2) is 5.63. The smallest absolute Gasteiger partial charge is 0.339 e. The van der Waals surface area contributed by atoms with E-state index in [9.17, 15) is 9.90 Å². The van der Waals surface area contributed by atoms with Gasteiger partial charge in [-0.25, -0.2) is 4.79 Å². The molecule has 4 heteroatoms. The van der Waals surface area contributed by atoms with Gasteiger partial charge in [-0.1, -0.05) is 42.5 Å². The van der Waals surface area contributed by atoms with E-state index < -0.39 is 5.97 Å². The minimum Gasteiger partial charge on any atom is -0.486 e. The van der Waals surface area contributed by atoms with Gasteiger partial charge in [0.25, 0.3) is 0 Å². The van der Waals surface area contributed by atoms with Crippen molar-refractivity contribution < 1.29 is 14.6 Å². The van der Waals surface area contributed by atoms with E-state index in [4.69, 9.17) is 4.74 Å². The third-order valence-corrected chi connectivity index (χ3v) is 3.18. The molecular weight excluding hydrogens is 266 g/mol. The lowest BCUT2D eigenvalue weighted by Gasteiger charge is -2.11. The van der Waals surface area contributed by atoms with Gasteiger partial charge in [-0.05, 0) is 17.7 Å². The van der Waals surface area contributed by atoms with Crippen molar-refractivity contribution in [3.63, 3.8) is 0 Å². The van der Waals surface area contributed by atoms with Gasteiger partial charge in [0.2, 0.25) is 0 Å². The van der Waals surface area contributed by atoms with Crippen molar-refractivity contribution in [2.45, 2.75) is 6.61 Å². The Labute approximate surface area is 121 Å². The molecule has 0 aliphatic carbocycles. The third-order valence-electron chi connectivity index (χ3n) is 3.18. The molecule has 1 heterocycles. The maximum Gasteiger partial charge on any atom is 0.339 e. The number of nitrogens with zero attached hydrogens (tertiary/aromatic N) is 1. The number of carbonyl (C=O) groups is 1. The quantitative estimate of drug-likeness (QED) is 0.794. The minimum atomic E-state index is -1.02. The molecule has 4 nitrogen and oxygen atoms in total. The summed E-state index contributed by atoms with van der Waals surface area (Å²) in [7, 11) is 0. The number of ether oxygens (including phenoxy) is 1. The molecule has 0 bridgehead atoms. The fourth-order valence-electron chi connectivity index (χ4n) is 2.16. The van der Waals surface area contributed by atoms with Crippen LogP contribution in [0.4, 0.5) is 0 Å². The van der Waals surface area contributed by atoms with E-state index in [2.05, 4.69) is 4.98 Å². The molecule has 1 N–H and O–H groups in total. The van der Waals surface area contributed by atoms with E-state index in [0.717, 1.165) is 10.9 Å². The summed E-state index contributed by atoms with van der Waals surface area (Å²) in [6.45, 7) is 0.302. The highest BCUT2D eigenvalue weighted by molar-refractivity contribution is 5.98. The second-order valence-corrected chi connectivity index (χ2v) is 4.60. The van der Waals surface area contributed by atoms with Gasteiger partial charge in [-0.3, -0.25) is 4.98 Å². The Morgan fingerprint density at radius 1 is 1.05 bits per heavy atom. The molecule has 0 unspecified atom stereocenters. The first-order valence-corrected chi connectivity index (χ1v) is 6.53. The Balaban J connectivity index is 2.02. The molecule has 0 atom stereocenters. The van der Waals surface area contributed by atoms with Crippen molar-refractivity contribution in [3.05, 3.63) is 71.9 Å². The molecule has 0 fully saturated rings. The van der Waals surface area contributed by atoms with E-state index in [1.807, 2.05) is 42.5 Å². The van der Waals surface area contributed by atoms with Crippen molar-refractivity contribution in [2.75, 3.05) is 0 Å². The van der Waals surface area contributed by atoms with Crippen molar-refractivity contribution in [1.82, 2.24) is 4.98 Å². The number of hydrogen-bond acceptors (Lipinski definition) is 3. The molecule has 0 radical (unpaired) electrons. The zero-order valence-electron chi connectivity index (χ0n) is 11.2. The second-order valence-electron chi connectivity index (χ2n) is 4.60. The van der Waals surface area contributed by atoms with Crippen LogP contribution in [0.1, 0.15) is 15.9 Å². The predicted octanol–water partition coefficient (Wildman–Crippen LogP) is 3.51.